The number of piperazine rings is 1. The van der Waals surface area contributed by atoms with Crippen molar-refractivity contribution in [3.05, 3.63) is 41.6 Å². The van der Waals surface area contributed by atoms with Crippen LogP contribution in [0.5, 0.6) is 5.75 Å². The Bertz CT molecular complexity index is 1300. The van der Waals surface area contributed by atoms with Crippen LogP contribution >= 0.6 is 0 Å². The van der Waals surface area contributed by atoms with E-state index in [1.54, 1.807) is 18.3 Å². The zero-order valence-electron chi connectivity index (χ0n) is 21.1. The number of hydrogen-bond donors (Lipinski definition) is 2. The smallest absolute Gasteiger partial charge is 0.283 e. The van der Waals surface area contributed by atoms with E-state index in [1.807, 2.05) is 45.9 Å². The monoisotopic (exact) mass is 493 g/mol. The van der Waals surface area contributed by atoms with Gasteiger partial charge in [-0.25, -0.2) is 0 Å². The summed E-state index contributed by atoms with van der Waals surface area (Å²) in [5, 5.41) is 23.0. The van der Waals surface area contributed by atoms with E-state index in [2.05, 4.69) is 0 Å². The summed E-state index contributed by atoms with van der Waals surface area (Å²) in [6.07, 6.45) is 6.31. The van der Waals surface area contributed by atoms with Gasteiger partial charge >= 0.3 is 0 Å². The number of carbonyl (C=O) groups is 2. The van der Waals surface area contributed by atoms with Crippen molar-refractivity contribution in [2.24, 2.45) is 10.4 Å². The fraction of sp³-hybridized carbons (Fsp3) is 0.519. The quantitative estimate of drug-likeness (QED) is 0.621. The lowest BCUT2D eigenvalue weighted by Gasteiger charge is -2.50. The first kappa shape index (κ1) is 23.4. The van der Waals surface area contributed by atoms with Gasteiger partial charge in [0.25, 0.3) is 11.6 Å². The second kappa shape index (κ2) is 7.06. The second-order valence-corrected chi connectivity index (χ2v) is 11.4. The predicted octanol–water partition coefficient (Wildman–Crippen LogP) is 2.23. The highest BCUT2D eigenvalue weighted by molar-refractivity contribution is 6.08. The average molecular weight is 494 g/mol. The molecule has 5 aliphatic rings. The number of methoxy groups -OCH3 is 1. The zero-order valence-corrected chi connectivity index (χ0v) is 21.1. The predicted molar refractivity (Wildman–Crippen MR) is 131 cm³/mol. The van der Waals surface area contributed by atoms with Crippen molar-refractivity contribution in [2.45, 2.75) is 69.6 Å². The average Bonchev–Trinajstić information content (AvgIpc) is 3.31. The molecule has 0 unspecified atom stereocenters. The van der Waals surface area contributed by atoms with Gasteiger partial charge in [0.05, 0.1) is 11.4 Å². The van der Waals surface area contributed by atoms with Crippen molar-refractivity contribution in [2.75, 3.05) is 13.7 Å². The first-order valence-corrected chi connectivity index (χ1v) is 12.3. The number of hydrogen-bond acceptors (Lipinski definition) is 7. The molecule has 2 fully saturated rings. The third kappa shape index (κ3) is 2.79. The van der Waals surface area contributed by atoms with Crippen LogP contribution in [0.25, 0.3) is 6.08 Å². The molecule has 0 aliphatic carbocycles. The Hall–Kier alpha value is -3.01. The third-order valence-electron chi connectivity index (χ3n) is 8.23. The molecular formula is C27H31N3O6. The van der Waals surface area contributed by atoms with E-state index in [1.165, 1.54) is 16.9 Å². The lowest BCUT2D eigenvalue weighted by atomic mass is 9.71. The van der Waals surface area contributed by atoms with Crippen molar-refractivity contribution < 1.29 is 29.3 Å². The standard InChI is InChI=1S/C27H31N3O6/c1-24(2)11-13-29-17(21(32)30-12-9-19(31)27(30,35-5)23(29)33)14-26(34)16-6-7-18-15(20(16)28-22(24)26)8-10-25(3,4)36-18/h6-8,10-11,13,17,19,31,34H,9,12,14H2,1-5H3/t17-,19-,26-,27+/m0/s1. The number of aliphatic imine (C=N–C) groups is 1. The SMILES string of the molecule is CO[C@]12C(=O)N3C=CC(C)(C)C4=Nc5c(ccc6c5C=CC(C)(C)O6)[C@@]4(O)C[C@H]3C(=O)N1CC[C@@H]2O. The zero-order chi connectivity index (χ0) is 25.8. The summed E-state index contributed by atoms with van der Waals surface area (Å²) in [5.41, 5.74) is -2.08. The van der Waals surface area contributed by atoms with Gasteiger partial charge in [0.15, 0.2) is 0 Å². The first-order valence-electron chi connectivity index (χ1n) is 12.3. The van der Waals surface area contributed by atoms with Crippen LogP contribution in [0, 0.1) is 5.41 Å². The van der Waals surface area contributed by atoms with E-state index in [0.717, 1.165) is 5.56 Å². The largest absolute Gasteiger partial charge is 0.483 e. The number of carbonyl (C=O) groups excluding carboxylic acids is 2. The highest BCUT2D eigenvalue weighted by Crippen LogP contribution is 2.53. The fourth-order valence-electron chi connectivity index (χ4n) is 6.38. The number of aliphatic hydroxyl groups excluding tert-OH is 1. The summed E-state index contributed by atoms with van der Waals surface area (Å²) in [6, 6.07) is 2.65. The molecule has 9 nitrogen and oxygen atoms in total. The molecule has 36 heavy (non-hydrogen) atoms. The number of rotatable bonds is 1. The van der Waals surface area contributed by atoms with E-state index in [0.29, 0.717) is 22.7 Å². The van der Waals surface area contributed by atoms with Gasteiger partial charge in [0.2, 0.25) is 5.91 Å². The molecule has 1 aromatic rings. The van der Waals surface area contributed by atoms with Crippen LogP contribution in [-0.2, 0) is 19.9 Å². The number of benzene rings is 1. The summed E-state index contributed by atoms with van der Waals surface area (Å²) >= 11 is 0. The van der Waals surface area contributed by atoms with E-state index < -0.39 is 40.4 Å². The normalized spacial score (nSPS) is 35.1. The van der Waals surface area contributed by atoms with E-state index in [9.17, 15) is 19.8 Å². The molecule has 2 saturated heterocycles. The van der Waals surface area contributed by atoms with Gasteiger partial charge in [-0.15, -0.1) is 0 Å². The summed E-state index contributed by atoms with van der Waals surface area (Å²) in [4.78, 5) is 35.2. The topological polar surface area (TPSA) is 112 Å². The van der Waals surface area contributed by atoms with Crippen LogP contribution in [-0.4, -0.2) is 74.7 Å². The maximum absolute atomic E-state index is 13.8. The number of aliphatic hydroxyl groups is 2. The number of allylic oxidation sites excluding steroid dienone is 1. The molecule has 0 saturated carbocycles. The molecule has 0 radical (unpaired) electrons. The molecule has 5 heterocycles. The van der Waals surface area contributed by atoms with Crippen LogP contribution in [0.3, 0.4) is 0 Å². The molecule has 1 aromatic carbocycles. The minimum absolute atomic E-state index is 0.0710. The first-order chi connectivity index (χ1) is 16.9. The molecule has 190 valence electrons. The van der Waals surface area contributed by atoms with Crippen LogP contribution in [0.2, 0.25) is 0 Å². The van der Waals surface area contributed by atoms with Gasteiger partial charge < -0.3 is 29.5 Å². The summed E-state index contributed by atoms with van der Waals surface area (Å²) in [5.74, 6) is -0.210. The molecule has 2 N–H and O–H groups in total. The maximum atomic E-state index is 13.8. The number of nitrogens with zero attached hydrogens (tertiary/aromatic N) is 3. The van der Waals surface area contributed by atoms with Crippen LogP contribution < -0.4 is 4.74 Å². The van der Waals surface area contributed by atoms with Gasteiger partial charge in [-0.1, -0.05) is 19.9 Å². The molecule has 0 spiro atoms. The van der Waals surface area contributed by atoms with E-state index >= 15 is 0 Å². The second-order valence-electron chi connectivity index (χ2n) is 11.4. The van der Waals surface area contributed by atoms with Crippen LogP contribution in [0.1, 0.15) is 51.7 Å². The summed E-state index contributed by atoms with van der Waals surface area (Å²) in [6.45, 7) is 7.97. The van der Waals surface area contributed by atoms with E-state index in [4.69, 9.17) is 14.5 Å². The van der Waals surface area contributed by atoms with Crippen molar-refractivity contribution >= 4 is 29.3 Å². The Kier molecular flexibility index (Phi) is 4.58. The Morgan fingerprint density at radius 1 is 1.17 bits per heavy atom. The highest BCUT2D eigenvalue weighted by atomic mass is 16.5. The minimum Gasteiger partial charge on any atom is -0.483 e. The fourth-order valence-corrected chi connectivity index (χ4v) is 6.38. The molecule has 5 aliphatic heterocycles. The maximum Gasteiger partial charge on any atom is 0.283 e. The van der Waals surface area contributed by atoms with Crippen LogP contribution in [0.4, 0.5) is 5.69 Å². The molecule has 6 rings (SSSR count). The van der Waals surface area contributed by atoms with Gasteiger partial charge in [-0.2, -0.15) is 0 Å². The summed E-state index contributed by atoms with van der Waals surface area (Å²) < 4.78 is 11.7. The molecular weight excluding hydrogens is 462 g/mol. The molecule has 0 aromatic heterocycles. The Morgan fingerprint density at radius 2 is 1.92 bits per heavy atom. The highest BCUT2D eigenvalue weighted by Gasteiger charge is 2.65. The van der Waals surface area contributed by atoms with Crippen molar-refractivity contribution in [3.63, 3.8) is 0 Å². The molecule has 9 heteroatoms. The Morgan fingerprint density at radius 3 is 2.64 bits per heavy atom. The van der Waals surface area contributed by atoms with Gasteiger partial charge in [0.1, 0.15) is 29.1 Å². The van der Waals surface area contributed by atoms with Gasteiger partial charge in [-0.3, -0.25) is 14.6 Å². The number of amides is 2. The third-order valence-corrected chi connectivity index (χ3v) is 8.23. The lowest BCUT2D eigenvalue weighted by Crippen LogP contribution is -2.73. The summed E-state index contributed by atoms with van der Waals surface area (Å²) in [7, 11) is 1.33. The molecule has 2 amide bonds. The van der Waals surface area contributed by atoms with Crippen molar-refractivity contribution in [1.82, 2.24) is 9.80 Å². The Balaban J connectivity index is 1.51. The van der Waals surface area contributed by atoms with Gasteiger partial charge in [0, 0.05) is 42.8 Å². The van der Waals surface area contributed by atoms with Gasteiger partial charge in [-0.05, 0) is 44.6 Å². The van der Waals surface area contributed by atoms with E-state index in [-0.39, 0.29) is 25.3 Å². The number of fused-ring (bicyclic) bond motifs is 7. The minimum atomic E-state index is -1.76. The molecule has 0 bridgehead atoms. The van der Waals surface area contributed by atoms with Crippen LogP contribution in [0.15, 0.2) is 35.5 Å². The number of ether oxygens (including phenoxy) is 2. The lowest BCUT2D eigenvalue weighted by molar-refractivity contribution is -0.211. The van der Waals surface area contributed by atoms with Crippen molar-refractivity contribution in [3.8, 4) is 5.75 Å². The van der Waals surface area contributed by atoms with Crippen molar-refractivity contribution in [1.29, 1.82) is 0 Å². The molecule has 4 atom stereocenters. The Labute approximate surface area is 209 Å².